The second-order valence-corrected chi connectivity index (χ2v) is 4.48. The van der Waals surface area contributed by atoms with Crippen molar-refractivity contribution in [2.24, 2.45) is 5.10 Å². The Morgan fingerprint density at radius 2 is 1.80 bits per heavy atom. The zero-order chi connectivity index (χ0) is 11.9. The van der Waals surface area contributed by atoms with Crippen molar-refractivity contribution in [3.8, 4) is 0 Å². The van der Waals surface area contributed by atoms with Crippen molar-refractivity contribution in [3.05, 3.63) is 0 Å². The van der Waals surface area contributed by atoms with Gasteiger partial charge < -0.3 is 4.90 Å². The molecule has 1 unspecified atom stereocenters. The summed E-state index contributed by atoms with van der Waals surface area (Å²) in [6.45, 7) is 7.10. The third-order valence-corrected chi connectivity index (χ3v) is 2.26. The van der Waals surface area contributed by atoms with Crippen LogP contribution in [-0.4, -0.2) is 40.7 Å². The molecule has 1 heterocycles. The van der Waals surface area contributed by atoms with E-state index >= 15 is 0 Å². The van der Waals surface area contributed by atoms with Gasteiger partial charge in [-0.2, -0.15) is 18.3 Å². The molecule has 3 nitrogen and oxygen atoms in total. The lowest BCUT2D eigenvalue weighted by molar-refractivity contribution is -0.215. The van der Waals surface area contributed by atoms with E-state index in [0.717, 1.165) is 5.01 Å². The molecule has 0 saturated heterocycles. The molecule has 1 aliphatic heterocycles. The van der Waals surface area contributed by atoms with Gasteiger partial charge in [-0.05, 0) is 27.7 Å². The standard InChI is InChI=1S/C9H16F3N3/c1-5-15-7(9(10,11)12)14(6-13-15)8(2,3)4/h6-7H,5H2,1-4H3. The maximum atomic E-state index is 12.8. The van der Waals surface area contributed by atoms with Crippen molar-refractivity contribution in [1.82, 2.24) is 9.91 Å². The molecule has 6 heteroatoms. The molecular formula is C9H16F3N3. The topological polar surface area (TPSA) is 18.8 Å². The highest BCUT2D eigenvalue weighted by atomic mass is 19.4. The summed E-state index contributed by atoms with van der Waals surface area (Å²) in [5.41, 5.74) is -0.590. The zero-order valence-electron chi connectivity index (χ0n) is 9.34. The molecule has 1 rings (SSSR count). The Bertz CT molecular complexity index is 254. The minimum atomic E-state index is -4.29. The van der Waals surface area contributed by atoms with Crippen LogP contribution in [0.15, 0.2) is 5.10 Å². The van der Waals surface area contributed by atoms with Crippen LogP contribution in [0.2, 0.25) is 0 Å². The van der Waals surface area contributed by atoms with Crippen LogP contribution in [0.4, 0.5) is 13.2 Å². The summed E-state index contributed by atoms with van der Waals surface area (Å²) in [6, 6.07) is 0. The Hall–Kier alpha value is -0.940. The first kappa shape index (κ1) is 12.1. The van der Waals surface area contributed by atoms with E-state index in [1.807, 2.05) is 0 Å². The number of halogens is 3. The van der Waals surface area contributed by atoms with Crippen LogP contribution in [0.3, 0.4) is 0 Å². The van der Waals surface area contributed by atoms with Gasteiger partial charge >= 0.3 is 6.18 Å². The first-order valence-corrected chi connectivity index (χ1v) is 4.84. The normalized spacial score (nSPS) is 22.7. The summed E-state index contributed by atoms with van der Waals surface area (Å²) >= 11 is 0. The third-order valence-electron chi connectivity index (χ3n) is 2.26. The van der Waals surface area contributed by atoms with Gasteiger partial charge in [0.15, 0.2) is 0 Å². The van der Waals surface area contributed by atoms with Gasteiger partial charge in [0.2, 0.25) is 6.17 Å². The summed E-state index contributed by atoms with van der Waals surface area (Å²) < 4.78 is 38.4. The van der Waals surface area contributed by atoms with Gasteiger partial charge in [-0.3, -0.25) is 5.01 Å². The van der Waals surface area contributed by atoms with E-state index in [4.69, 9.17) is 0 Å². The van der Waals surface area contributed by atoms with Crippen LogP contribution in [0.1, 0.15) is 27.7 Å². The van der Waals surface area contributed by atoms with E-state index in [0.29, 0.717) is 0 Å². The van der Waals surface area contributed by atoms with Crippen molar-refractivity contribution in [3.63, 3.8) is 0 Å². The molecular weight excluding hydrogens is 207 g/mol. The Morgan fingerprint density at radius 3 is 2.13 bits per heavy atom. The van der Waals surface area contributed by atoms with Crippen LogP contribution in [0.25, 0.3) is 0 Å². The summed E-state index contributed by atoms with van der Waals surface area (Å²) in [4.78, 5) is 1.23. The number of hydrogen-bond donors (Lipinski definition) is 0. The fourth-order valence-corrected chi connectivity index (χ4v) is 1.51. The van der Waals surface area contributed by atoms with E-state index in [1.54, 1.807) is 27.7 Å². The van der Waals surface area contributed by atoms with Crippen molar-refractivity contribution < 1.29 is 13.2 Å². The smallest absolute Gasteiger partial charge is 0.327 e. The van der Waals surface area contributed by atoms with Gasteiger partial charge in [0, 0.05) is 12.1 Å². The van der Waals surface area contributed by atoms with Crippen LogP contribution in [-0.2, 0) is 0 Å². The largest absolute Gasteiger partial charge is 0.429 e. The lowest BCUT2D eigenvalue weighted by Gasteiger charge is -2.39. The average Bonchev–Trinajstić information content (AvgIpc) is 2.44. The zero-order valence-corrected chi connectivity index (χ0v) is 9.34. The average molecular weight is 223 g/mol. The molecule has 0 bridgehead atoms. The first-order valence-electron chi connectivity index (χ1n) is 4.84. The fourth-order valence-electron chi connectivity index (χ4n) is 1.51. The molecule has 15 heavy (non-hydrogen) atoms. The van der Waals surface area contributed by atoms with Crippen LogP contribution in [0.5, 0.6) is 0 Å². The second kappa shape index (κ2) is 3.57. The first-order chi connectivity index (χ1) is 6.68. The van der Waals surface area contributed by atoms with Gasteiger partial charge in [-0.25, -0.2) is 0 Å². The number of alkyl halides is 3. The minimum absolute atomic E-state index is 0.243. The van der Waals surface area contributed by atoms with E-state index in [9.17, 15) is 13.2 Å². The van der Waals surface area contributed by atoms with Gasteiger partial charge in [0.1, 0.15) is 6.34 Å². The van der Waals surface area contributed by atoms with Crippen molar-refractivity contribution in [2.45, 2.75) is 45.6 Å². The predicted octanol–water partition coefficient (Wildman–Crippen LogP) is 2.25. The Morgan fingerprint density at radius 1 is 1.27 bits per heavy atom. The van der Waals surface area contributed by atoms with Crippen LogP contribution in [0, 0.1) is 0 Å². The highest BCUT2D eigenvalue weighted by Gasteiger charge is 2.51. The third kappa shape index (κ3) is 2.35. The molecule has 88 valence electrons. The van der Waals surface area contributed by atoms with Crippen LogP contribution < -0.4 is 0 Å². The van der Waals surface area contributed by atoms with Gasteiger partial charge in [-0.1, -0.05) is 0 Å². The predicted molar refractivity (Wildman–Crippen MR) is 52.3 cm³/mol. The summed E-state index contributed by atoms with van der Waals surface area (Å²) in [5.74, 6) is 0. The highest BCUT2D eigenvalue weighted by molar-refractivity contribution is 5.58. The number of nitrogens with zero attached hydrogens (tertiary/aromatic N) is 3. The SMILES string of the molecule is CCN1N=CN(C(C)(C)C)C1C(F)(F)F. The minimum Gasteiger partial charge on any atom is -0.327 e. The number of rotatable bonds is 1. The molecule has 0 saturated carbocycles. The van der Waals surface area contributed by atoms with E-state index in [-0.39, 0.29) is 6.54 Å². The number of hydrogen-bond acceptors (Lipinski definition) is 3. The van der Waals surface area contributed by atoms with E-state index < -0.39 is 17.9 Å². The molecule has 0 radical (unpaired) electrons. The monoisotopic (exact) mass is 223 g/mol. The summed E-state index contributed by atoms with van der Waals surface area (Å²) in [5, 5.41) is 4.81. The molecule has 1 aliphatic rings. The molecule has 0 aromatic rings. The summed E-state index contributed by atoms with van der Waals surface area (Å²) in [6.07, 6.45) is -4.66. The van der Waals surface area contributed by atoms with Crippen molar-refractivity contribution in [2.75, 3.05) is 6.54 Å². The Kier molecular flexibility index (Phi) is 2.89. The van der Waals surface area contributed by atoms with Crippen molar-refractivity contribution in [1.29, 1.82) is 0 Å². The molecule has 0 aliphatic carbocycles. The number of hydrazone groups is 1. The second-order valence-electron chi connectivity index (χ2n) is 4.48. The lowest BCUT2D eigenvalue weighted by atomic mass is 10.1. The molecule has 0 amide bonds. The Labute approximate surface area is 87.5 Å². The van der Waals surface area contributed by atoms with Gasteiger partial charge in [0.25, 0.3) is 0 Å². The molecule has 1 atom stereocenters. The van der Waals surface area contributed by atoms with E-state index in [1.165, 1.54) is 11.2 Å². The highest BCUT2D eigenvalue weighted by Crippen LogP contribution is 2.33. The van der Waals surface area contributed by atoms with E-state index in [2.05, 4.69) is 5.10 Å². The quantitative estimate of drug-likeness (QED) is 0.679. The summed E-state index contributed by atoms with van der Waals surface area (Å²) in [7, 11) is 0. The van der Waals surface area contributed by atoms with Gasteiger partial charge in [0.05, 0.1) is 0 Å². The molecule has 0 spiro atoms. The molecule has 0 N–H and O–H groups in total. The van der Waals surface area contributed by atoms with Crippen LogP contribution >= 0.6 is 0 Å². The molecule has 0 aromatic carbocycles. The molecule has 0 aromatic heterocycles. The van der Waals surface area contributed by atoms with Crippen molar-refractivity contribution >= 4 is 6.34 Å². The maximum absolute atomic E-state index is 12.8. The Balaban J connectivity index is 2.96. The fraction of sp³-hybridized carbons (Fsp3) is 0.889. The molecule has 0 fully saturated rings. The van der Waals surface area contributed by atoms with Gasteiger partial charge in [-0.15, -0.1) is 0 Å². The lowest BCUT2D eigenvalue weighted by Crippen LogP contribution is -2.56. The maximum Gasteiger partial charge on any atom is 0.429 e.